The smallest absolute Gasteiger partial charge is 0.0438 e. The van der Waals surface area contributed by atoms with Crippen LogP contribution in [0.15, 0.2) is 77.6 Å². The SMILES string of the molecule is C=CC(=C\C(C)=C/CC)/C(=C(/C)C(/C=C/C)c1cc(C)cc(C)c1)N(C)C1CCCCC1. The molecule has 1 aliphatic rings. The lowest BCUT2D eigenvalue weighted by Gasteiger charge is -2.37. The summed E-state index contributed by atoms with van der Waals surface area (Å²) in [5, 5.41) is 0. The summed E-state index contributed by atoms with van der Waals surface area (Å²) in [6.45, 7) is 17.5. The Bertz CT molecular complexity index is 867. The van der Waals surface area contributed by atoms with Gasteiger partial charge in [-0.2, -0.15) is 0 Å². The third-order valence-electron chi connectivity index (χ3n) is 6.71. The van der Waals surface area contributed by atoms with Gasteiger partial charge < -0.3 is 4.90 Å². The molecule has 2 rings (SSSR count). The highest BCUT2D eigenvalue weighted by molar-refractivity contribution is 5.49. The number of aryl methyl sites for hydroxylation is 2. The van der Waals surface area contributed by atoms with Crippen molar-refractivity contribution in [2.45, 2.75) is 92.0 Å². The lowest BCUT2D eigenvalue weighted by molar-refractivity contribution is 0.238. The first-order chi connectivity index (χ1) is 15.3. The number of rotatable bonds is 9. The average Bonchev–Trinajstić information content (AvgIpc) is 2.76. The Balaban J connectivity index is 2.71. The number of likely N-dealkylation sites (N-methyl/N-ethyl adjacent to an activating group) is 1. The summed E-state index contributed by atoms with van der Waals surface area (Å²) in [4.78, 5) is 2.57. The Morgan fingerprint density at radius 1 is 1.09 bits per heavy atom. The summed E-state index contributed by atoms with van der Waals surface area (Å²) < 4.78 is 0. The summed E-state index contributed by atoms with van der Waals surface area (Å²) in [5.74, 6) is 0.249. The molecule has 0 radical (unpaired) electrons. The fourth-order valence-electron chi connectivity index (χ4n) is 5.25. The predicted molar refractivity (Wildman–Crippen MR) is 143 cm³/mol. The van der Waals surface area contributed by atoms with E-state index in [1.165, 1.54) is 71.2 Å². The standard InChI is InChI=1S/C31H45N/c1-9-15-23(4)20-27(11-3)31(32(8)29-17-13-12-14-18-29)26(7)30(16-10-2)28-21-24(5)19-25(6)22-28/h10-11,15-16,19-22,29-30H,3,9,12-14,17-18H2,1-2,4-8H3/b16-10+,23-15-,27-20+,31-26+. The molecule has 0 bridgehead atoms. The van der Waals surface area contributed by atoms with E-state index in [1.54, 1.807) is 0 Å². The minimum absolute atomic E-state index is 0.249. The molecule has 1 saturated carbocycles. The van der Waals surface area contributed by atoms with Crippen molar-refractivity contribution in [3.05, 3.63) is 94.3 Å². The number of allylic oxidation sites excluding steroid dienone is 7. The van der Waals surface area contributed by atoms with E-state index in [-0.39, 0.29) is 5.92 Å². The van der Waals surface area contributed by atoms with E-state index in [4.69, 9.17) is 0 Å². The van der Waals surface area contributed by atoms with Crippen molar-refractivity contribution in [2.75, 3.05) is 7.05 Å². The molecule has 174 valence electrons. The molecular weight excluding hydrogens is 386 g/mol. The van der Waals surface area contributed by atoms with E-state index in [1.807, 2.05) is 0 Å². The van der Waals surface area contributed by atoms with Crippen molar-refractivity contribution in [3.63, 3.8) is 0 Å². The Hall–Kier alpha value is -2.28. The van der Waals surface area contributed by atoms with Crippen LogP contribution in [-0.2, 0) is 0 Å². The molecule has 1 aromatic carbocycles. The summed E-state index contributed by atoms with van der Waals surface area (Å²) in [6, 6.07) is 7.55. The van der Waals surface area contributed by atoms with Gasteiger partial charge in [0.2, 0.25) is 0 Å². The molecule has 0 amide bonds. The van der Waals surface area contributed by atoms with Crippen LogP contribution in [0.25, 0.3) is 0 Å². The first-order valence-electron chi connectivity index (χ1n) is 12.5. The third-order valence-corrected chi connectivity index (χ3v) is 6.71. The molecule has 1 fully saturated rings. The third kappa shape index (κ3) is 6.86. The van der Waals surface area contributed by atoms with E-state index in [0.717, 1.165) is 6.42 Å². The Morgan fingerprint density at radius 3 is 2.25 bits per heavy atom. The first-order valence-corrected chi connectivity index (χ1v) is 12.5. The molecule has 1 aliphatic carbocycles. The van der Waals surface area contributed by atoms with Crippen LogP contribution in [0.3, 0.4) is 0 Å². The van der Waals surface area contributed by atoms with E-state index in [9.17, 15) is 0 Å². The van der Waals surface area contributed by atoms with Gasteiger partial charge in [-0.3, -0.25) is 0 Å². The van der Waals surface area contributed by atoms with Crippen LogP contribution in [0.2, 0.25) is 0 Å². The van der Waals surface area contributed by atoms with Gasteiger partial charge in [0.25, 0.3) is 0 Å². The highest BCUT2D eigenvalue weighted by atomic mass is 15.1. The lowest BCUT2D eigenvalue weighted by atomic mass is 9.85. The largest absolute Gasteiger partial charge is 0.371 e. The van der Waals surface area contributed by atoms with Crippen LogP contribution in [0.4, 0.5) is 0 Å². The van der Waals surface area contributed by atoms with Gasteiger partial charge in [-0.15, -0.1) is 0 Å². The Labute approximate surface area is 198 Å². The lowest BCUT2D eigenvalue weighted by Crippen LogP contribution is -2.34. The minimum atomic E-state index is 0.249. The van der Waals surface area contributed by atoms with Crippen molar-refractivity contribution in [1.82, 2.24) is 4.90 Å². The molecule has 0 aromatic heterocycles. The van der Waals surface area contributed by atoms with Crippen molar-refractivity contribution in [1.29, 1.82) is 0 Å². The van der Waals surface area contributed by atoms with Crippen molar-refractivity contribution in [3.8, 4) is 0 Å². The second kappa shape index (κ2) is 12.7. The topological polar surface area (TPSA) is 3.24 Å². The van der Waals surface area contributed by atoms with Crippen LogP contribution in [0.5, 0.6) is 0 Å². The molecule has 1 unspecified atom stereocenters. The van der Waals surface area contributed by atoms with E-state index < -0.39 is 0 Å². The molecule has 1 nitrogen and oxygen atoms in total. The highest BCUT2D eigenvalue weighted by Crippen LogP contribution is 2.36. The number of benzene rings is 1. The molecular formula is C31H45N. The first kappa shape index (κ1) is 26.0. The summed E-state index contributed by atoms with van der Waals surface area (Å²) in [6.07, 6.45) is 18.9. The van der Waals surface area contributed by atoms with Gasteiger partial charge >= 0.3 is 0 Å². The zero-order chi connectivity index (χ0) is 23.7. The molecule has 0 N–H and O–H groups in total. The van der Waals surface area contributed by atoms with E-state index in [2.05, 4.69) is 109 Å². The quantitative estimate of drug-likeness (QED) is 0.278. The fraction of sp³-hybridized carbons (Fsp3) is 0.484. The van der Waals surface area contributed by atoms with Gasteiger partial charge in [0.05, 0.1) is 0 Å². The summed E-state index contributed by atoms with van der Waals surface area (Å²) >= 11 is 0. The van der Waals surface area contributed by atoms with Crippen LogP contribution in [0.1, 0.15) is 88.8 Å². The molecule has 1 atom stereocenters. The fourth-order valence-corrected chi connectivity index (χ4v) is 5.25. The van der Waals surface area contributed by atoms with Crippen molar-refractivity contribution >= 4 is 0 Å². The second-order valence-electron chi connectivity index (χ2n) is 9.52. The predicted octanol–water partition coefficient (Wildman–Crippen LogP) is 8.97. The number of hydrogen-bond acceptors (Lipinski definition) is 1. The maximum Gasteiger partial charge on any atom is 0.0438 e. The van der Waals surface area contributed by atoms with E-state index in [0.29, 0.717) is 6.04 Å². The van der Waals surface area contributed by atoms with Gasteiger partial charge in [-0.05, 0) is 70.6 Å². The van der Waals surface area contributed by atoms with Crippen LogP contribution in [0, 0.1) is 13.8 Å². The second-order valence-corrected chi connectivity index (χ2v) is 9.52. The minimum Gasteiger partial charge on any atom is -0.371 e. The van der Waals surface area contributed by atoms with Gasteiger partial charge in [0, 0.05) is 24.7 Å². The zero-order valence-electron chi connectivity index (χ0n) is 21.7. The van der Waals surface area contributed by atoms with Crippen molar-refractivity contribution in [2.24, 2.45) is 0 Å². The van der Waals surface area contributed by atoms with Crippen LogP contribution < -0.4 is 0 Å². The summed E-state index contributed by atoms with van der Waals surface area (Å²) in [7, 11) is 2.30. The number of nitrogens with zero attached hydrogens (tertiary/aromatic N) is 1. The van der Waals surface area contributed by atoms with Gasteiger partial charge in [-0.1, -0.05) is 98.0 Å². The van der Waals surface area contributed by atoms with Crippen LogP contribution >= 0.6 is 0 Å². The maximum atomic E-state index is 4.24. The normalized spacial score (nSPS) is 18.0. The molecule has 1 aromatic rings. The molecule has 0 saturated heterocycles. The van der Waals surface area contributed by atoms with Gasteiger partial charge in [0.1, 0.15) is 0 Å². The molecule has 1 heteroatoms. The molecule has 0 aliphatic heterocycles. The monoisotopic (exact) mass is 431 g/mol. The molecule has 32 heavy (non-hydrogen) atoms. The van der Waals surface area contributed by atoms with Gasteiger partial charge in [0.15, 0.2) is 0 Å². The average molecular weight is 432 g/mol. The Kier molecular flexibility index (Phi) is 10.3. The molecule has 0 heterocycles. The van der Waals surface area contributed by atoms with Crippen LogP contribution in [-0.4, -0.2) is 18.0 Å². The van der Waals surface area contributed by atoms with Crippen molar-refractivity contribution < 1.29 is 0 Å². The van der Waals surface area contributed by atoms with E-state index >= 15 is 0 Å². The van der Waals surface area contributed by atoms with Gasteiger partial charge in [-0.25, -0.2) is 0 Å². The highest BCUT2D eigenvalue weighted by Gasteiger charge is 2.25. The number of hydrogen-bond donors (Lipinski definition) is 0. The zero-order valence-corrected chi connectivity index (χ0v) is 21.7. The Morgan fingerprint density at radius 2 is 1.72 bits per heavy atom. The maximum absolute atomic E-state index is 4.24. The summed E-state index contributed by atoms with van der Waals surface area (Å²) in [5.41, 5.74) is 9.30. The molecule has 0 spiro atoms.